The lowest BCUT2D eigenvalue weighted by molar-refractivity contribution is 0.505. The van der Waals surface area contributed by atoms with Gasteiger partial charge in [0.25, 0.3) is 0 Å². The molecule has 1 fully saturated rings. The van der Waals surface area contributed by atoms with Gasteiger partial charge >= 0.3 is 0 Å². The van der Waals surface area contributed by atoms with Crippen LogP contribution in [0.4, 0.5) is 5.69 Å². The second-order valence-electron chi connectivity index (χ2n) is 5.34. The van der Waals surface area contributed by atoms with Crippen LogP contribution in [0.5, 0.6) is 0 Å². The van der Waals surface area contributed by atoms with Crippen LogP contribution in [0.2, 0.25) is 0 Å². The molecule has 1 heterocycles. The van der Waals surface area contributed by atoms with Gasteiger partial charge in [-0.3, -0.25) is 0 Å². The number of hydrogen-bond acceptors (Lipinski definition) is 2. The Morgan fingerprint density at radius 3 is 2.62 bits per heavy atom. The van der Waals surface area contributed by atoms with Gasteiger partial charge in [-0.1, -0.05) is 6.07 Å². The maximum Gasteiger partial charge on any atom is 0.0515 e. The van der Waals surface area contributed by atoms with Crippen molar-refractivity contribution >= 4 is 21.6 Å². The van der Waals surface area contributed by atoms with Crippen LogP contribution >= 0.6 is 15.9 Å². The molecule has 1 unspecified atom stereocenters. The van der Waals surface area contributed by atoms with Crippen molar-refractivity contribution in [3.8, 4) is 0 Å². The van der Waals surface area contributed by atoms with Crippen molar-refractivity contribution < 1.29 is 0 Å². The molecule has 0 radical (unpaired) electrons. The molecule has 2 rings (SSSR count). The number of aryl methyl sites for hydroxylation is 1. The van der Waals surface area contributed by atoms with Gasteiger partial charge in [0.15, 0.2) is 0 Å². The fourth-order valence-corrected chi connectivity index (χ4v) is 3.26. The van der Waals surface area contributed by atoms with Crippen molar-refractivity contribution in [2.24, 2.45) is 5.73 Å². The van der Waals surface area contributed by atoms with Crippen molar-refractivity contribution in [1.29, 1.82) is 0 Å². The summed E-state index contributed by atoms with van der Waals surface area (Å²) < 4.78 is 1.16. The molecule has 16 heavy (non-hydrogen) atoms. The van der Waals surface area contributed by atoms with Crippen molar-refractivity contribution in [1.82, 2.24) is 0 Å². The zero-order valence-electron chi connectivity index (χ0n) is 10.1. The molecule has 1 aliphatic heterocycles. The third-order valence-electron chi connectivity index (χ3n) is 3.30. The summed E-state index contributed by atoms with van der Waals surface area (Å²) in [7, 11) is 0. The van der Waals surface area contributed by atoms with Crippen molar-refractivity contribution in [3.63, 3.8) is 0 Å². The Morgan fingerprint density at radius 2 is 2.12 bits per heavy atom. The Kier molecular flexibility index (Phi) is 3.01. The Bertz CT molecular complexity index is 401. The summed E-state index contributed by atoms with van der Waals surface area (Å²) >= 11 is 3.65. The van der Waals surface area contributed by atoms with Gasteiger partial charge in [0.2, 0.25) is 0 Å². The van der Waals surface area contributed by atoms with Crippen LogP contribution in [0.25, 0.3) is 0 Å². The number of benzene rings is 1. The number of halogens is 1. The standard InChI is InChI=1S/C13H19BrN2/c1-9-4-5-12(11(14)6-9)16-8-10(15)7-13(16,2)3/h4-6,10H,7-8,15H2,1-3H3. The number of hydrogen-bond donors (Lipinski definition) is 1. The predicted octanol–water partition coefficient (Wildman–Crippen LogP) is 3.07. The highest BCUT2D eigenvalue weighted by Gasteiger charge is 2.37. The average molecular weight is 283 g/mol. The maximum absolute atomic E-state index is 6.06. The normalized spacial score (nSPS) is 23.8. The molecule has 88 valence electrons. The summed E-state index contributed by atoms with van der Waals surface area (Å²) in [5.74, 6) is 0. The SMILES string of the molecule is Cc1ccc(N2CC(N)CC2(C)C)c(Br)c1. The average Bonchev–Trinajstić information content (AvgIpc) is 2.39. The summed E-state index contributed by atoms with van der Waals surface area (Å²) in [6.45, 7) is 7.56. The van der Waals surface area contributed by atoms with E-state index in [0.717, 1.165) is 17.4 Å². The van der Waals surface area contributed by atoms with E-state index in [2.05, 4.69) is 59.8 Å². The van der Waals surface area contributed by atoms with Crippen LogP contribution < -0.4 is 10.6 Å². The summed E-state index contributed by atoms with van der Waals surface area (Å²) in [5, 5.41) is 0. The Hall–Kier alpha value is -0.540. The number of nitrogens with zero attached hydrogens (tertiary/aromatic N) is 1. The first-order chi connectivity index (χ1) is 7.40. The van der Waals surface area contributed by atoms with E-state index >= 15 is 0 Å². The van der Waals surface area contributed by atoms with E-state index in [9.17, 15) is 0 Å². The van der Waals surface area contributed by atoms with Crippen LogP contribution in [-0.4, -0.2) is 18.1 Å². The summed E-state index contributed by atoms with van der Waals surface area (Å²) in [6.07, 6.45) is 1.05. The Labute approximate surface area is 106 Å². The summed E-state index contributed by atoms with van der Waals surface area (Å²) in [5.41, 5.74) is 8.74. The molecular weight excluding hydrogens is 264 g/mol. The molecule has 0 saturated carbocycles. The lowest BCUT2D eigenvalue weighted by atomic mass is 10.00. The first kappa shape index (κ1) is 11.9. The lowest BCUT2D eigenvalue weighted by Gasteiger charge is -2.34. The highest BCUT2D eigenvalue weighted by atomic mass is 79.9. The smallest absolute Gasteiger partial charge is 0.0515 e. The molecule has 0 bridgehead atoms. The van der Waals surface area contributed by atoms with E-state index < -0.39 is 0 Å². The van der Waals surface area contributed by atoms with Crippen LogP contribution in [0.15, 0.2) is 22.7 Å². The van der Waals surface area contributed by atoms with E-state index in [1.54, 1.807) is 0 Å². The highest BCUT2D eigenvalue weighted by molar-refractivity contribution is 9.10. The molecule has 1 saturated heterocycles. The zero-order valence-corrected chi connectivity index (χ0v) is 11.7. The van der Waals surface area contributed by atoms with Gasteiger partial charge < -0.3 is 10.6 Å². The second-order valence-corrected chi connectivity index (χ2v) is 6.20. The lowest BCUT2D eigenvalue weighted by Crippen LogP contribution is -2.38. The molecule has 1 aliphatic rings. The highest BCUT2D eigenvalue weighted by Crippen LogP contribution is 2.37. The molecule has 2 nitrogen and oxygen atoms in total. The minimum Gasteiger partial charge on any atom is -0.364 e. The monoisotopic (exact) mass is 282 g/mol. The quantitative estimate of drug-likeness (QED) is 0.858. The van der Waals surface area contributed by atoms with Gasteiger partial charge in [-0.15, -0.1) is 0 Å². The number of rotatable bonds is 1. The number of anilines is 1. The van der Waals surface area contributed by atoms with Gasteiger partial charge in [0.1, 0.15) is 0 Å². The molecule has 1 aromatic rings. The molecule has 2 N–H and O–H groups in total. The second kappa shape index (κ2) is 4.04. The van der Waals surface area contributed by atoms with E-state index in [1.807, 2.05) is 0 Å². The van der Waals surface area contributed by atoms with Crippen LogP contribution in [0, 0.1) is 6.92 Å². The third-order valence-corrected chi connectivity index (χ3v) is 3.94. The van der Waals surface area contributed by atoms with Gasteiger partial charge in [0.05, 0.1) is 5.69 Å². The van der Waals surface area contributed by atoms with Crippen LogP contribution in [0.3, 0.4) is 0 Å². The molecule has 3 heteroatoms. The van der Waals surface area contributed by atoms with Gasteiger partial charge in [0, 0.05) is 22.6 Å². The molecule has 0 aliphatic carbocycles. The predicted molar refractivity (Wildman–Crippen MR) is 72.9 cm³/mol. The largest absolute Gasteiger partial charge is 0.364 e. The van der Waals surface area contributed by atoms with Gasteiger partial charge in [-0.05, 0) is 60.8 Å². The van der Waals surface area contributed by atoms with Crippen molar-refractivity contribution in [2.45, 2.75) is 38.8 Å². The van der Waals surface area contributed by atoms with Crippen molar-refractivity contribution in [2.75, 3.05) is 11.4 Å². The zero-order chi connectivity index (χ0) is 11.9. The molecule has 1 atom stereocenters. The number of nitrogens with two attached hydrogens (primary N) is 1. The molecular formula is C13H19BrN2. The van der Waals surface area contributed by atoms with E-state index in [-0.39, 0.29) is 11.6 Å². The minimum absolute atomic E-state index is 0.150. The third kappa shape index (κ3) is 2.11. The molecule has 0 amide bonds. The van der Waals surface area contributed by atoms with Crippen LogP contribution in [-0.2, 0) is 0 Å². The fourth-order valence-electron chi connectivity index (χ4n) is 2.55. The molecule has 0 spiro atoms. The van der Waals surface area contributed by atoms with E-state index in [0.29, 0.717) is 0 Å². The van der Waals surface area contributed by atoms with Crippen molar-refractivity contribution in [3.05, 3.63) is 28.2 Å². The summed E-state index contributed by atoms with van der Waals surface area (Å²) in [4.78, 5) is 2.40. The van der Waals surface area contributed by atoms with Crippen LogP contribution in [0.1, 0.15) is 25.8 Å². The minimum atomic E-state index is 0.150. The maximum atomic E-state index is 6.06. The summed E-state index contributed by atoms with van der Waals surface area (Å²) in [6, 6.07) is 6.78. The topological polar surface area (TPSA) is 29.3 Å². The van der Waals surface area contributed by atoms with E-state index in [4.69, 9.17) is 5.73 Å². The first-order valence-electron chi connectivity index (χ1n) is 5.69. The Balaban J connectivity index is 2.37. The van der Waals surface area contributed by atoms with Gasteiger partial charge in [-0.25, -0.2) is 0 Å². The van der Waals surface area contributed by atoms with Gasteiger partial charge in [-0.2, -0.15) is 0 Å². The molecule has 1 aromatic carbocycles. The fraction of sp³-hybridized carbons (Fsp3) is 0.538. The molecule has 0 aromatic heterocycles. The Morgan fingerprint density at radius 1 is 1.44 bits per heavy atom. The first-order valence-corrected chi connectivity index (χ1v) is 6.49. The van der Waals surface area contributed by atoms with E-state index in [1.165, 1.54) is 11.3 Å².